The highest BCUT2D eigenvalue weighted by Gasteiger charge is 2.38. The third kappa shape index (κ3) is 5.25. The molecule has 9 nitrogen and oxygen atoms in total. The normalized spacial score (nSPS) is 18.6. The van der Waals surface area contributed by atoms with Crippen LogP contribution < -0.4 is 4.74 Å². The number of carbonyl (C=O) groups is 2. The second-order valence-electron chi connectivity index (χ2n) is 9.88. The van der Waals surface area contributed by atoms with E-state index in [-0.39, 0.29) is 24.1 Å². The van der Waals surface area contributed by atoms with Gasteiger partial charge < -0.3 is 19.3 Å². The van der Waals surface area contributed by atoms with E-state index in [1.165, 1.54) is 0 Å². The minimum atomic E-state index is -0.302. The Morgan fingerprint density at radius 2 is 1.95 bits per heavy atom. The number of aryl methyl sites for hydroxylation is 2. The van der Waals surface area contributed by atoms with Gasteiger partial charge in [0, 0.05) is 42.5 Å². The van der Waals surface area contributed by atoms with Crippen LogP contribution in [0.1, 0.15) is 42.7 Å². The SMILES string of the molecule is Cc1nn(C)c2ncc(C(=O)N3CCC(N4CC(COc5ccccc5)OC4=O)CC3)c(SC(C)C)c12. The molecule has 5 rings (SSSR count). The van der Waals surface area contributed by atoms with Crippen molar-refractivity contribution in [2.24, 2.45) is 7.05 Å². The van der Waals surface area contributed by atoms with Crippen molar-refractivity contribution in [3.05, 3.63) is 47.8 Å². The molecule has 2 aromatic heterocycles. The number of para-hydroxylation sites is 1. The molecule has 1 atom stereocenters. The zero-order valence-electron chi connectivity index (χ0n) is 21.7. The van der Waals surface area contributed by atoms with Gasteiger partial charge in [0.25, 0.3) is 5.91 Å². The maximum Gasteiger partial charge on any atom is 0.410 e. The predicted octanol–water partition coefficient (Wildman–Crippen LogP) is 4.28. The van der Waals surface area contributed by atoms with Crippen molar-refractivity contribution in [1.82, 2.24) is 24.6 Å². The van der Waals surface area contributed by atoms with E-state index in [2.05, 4.69) is 23.9 Å². The van der Waals surface area contributed by atoms with Crippen LogP contribution in [0.2, 0.25) is 0 Å². The van der Waals surface area contributed by atoms with Crippen LogP contribution in [0.25, 0.3) is 11.0 Å². The fraction of sp³-hybridized carbons (Fsp3) is 0.481. The Hall–Kier alpha value is -3.27. The molecule has 2 aliphatic heterocycles. The van der Waals surface area contributed by atoms with Crippen LogP contribution in [0.4, 0.5) is 4.79 Å². The van der Waals surface area contributed by atoms with Gasteiger partial charge in [-0.15, -0.1) is 11.8 Å². The number of rotatable bonds is 7. The van der Waals surface area contributed by atoms with Gasteiger partial charge in [-0.25, -0.2) is 9.78 Å². The molecule has 1 unspecified atom stereocenters. The van der Waals surface area contributed by atoms with Gasteiger partial charge in [0.1, 0.15) is 12.4 Å². The number of carbonyl (C=O) groups excluding carboxylic acids is 2. The van der Waals surface area contributed by atoms with Crippen molar-refractivity contribution in [3.63, 3.8) is 0 Å². The minimum absolute atomic E-state index is 0.0163. The van der Waals surface area contributed by atoms with E-state index in [4.69, 9.17) is 9.47 Å². The van der Waals surface area contributed by atoms with E-state index in [0.717, 1.165) is 27.4 Å². The number of hydrogen-bond acceptors (Lipinski definition) is 7. The Kier molecular flexibility index (Phi) is 7.28. The molecule has 2 saturated heterocycles. The Balaban J connectivity index is 1.23. The van der Waals surface area contributed by atoms with Crippen molar-refractivity contribution in [2.45, 2.75) is 55.9 Å². The molecule has 0 saturated carbocycles. The molecule has 196 valence electrons. The lowest BCUT2D eigenvalue weighted by molar-refractivity contribution is 0.0654. The van der Waals surface area contributed by atoms with E-state index >= 15 is 0 Å². The van der Waals surface area contributed by atoms with Gasteiger partial charge >= 0.3 is 6.09 Å². The zero-order chi connectivity index (χ0) is 26.1. The summed E-state index contributed by atoms with van der Waals surface area (Å²) in [5.74, 6) is 0.741. The van der Waals surface area contributed by atoms with Gasteiger partial charge in [-0.3, -0.25) is 9.48 Å². The quantitative estimate of drug-likeness (QED) is 0.427. The standard InChI is InChI=1S/C27H33N5O4S/c1-17(2)37-24-22(14-28-25-23(24)18(3)29-30(25)4)26(33)31-12-10-19(11-13-31)32-15-21(36-27(32)34)16-35-20-8-6-5-7-9-20/h5-9,14,17,19,21H,10-13,15-16H2,1-4H3. The first-order valence-corrected chi connectivity index (χ1v) is 13.6. The number of thioether (sulfide) groups is 1. The van der Waals surface area contributed by atoms with Crippen LogP contribution in [0, 0.1) is 6.92 Å². The fourth-order valence-corrected chi connectivity index (χ4v) is 6.17. The van der Waals surface area contributed by atoms with Gasteiger partial charge in [0.2, 0.25) is 0 Å². The summed E-state index contributed by atoms with van der Waals surface area (Å²) >= 11 is 1.68. The van der Waals surface area contributed by atoms with Crippen molar-refractivity contribution in [3.8, 4) is 5.75 Å². The van der Waals surface area contributed by atoms with Gasteiger partial charge in [-0.2, -0.15) is 5.10 Å². The number of likely N-dealkylation sites (tertiary alicyclic amines) is 1. The van der Waals surface area contributed by atoms with E-state index in [1.807, 2.05) is 49.2 Å². The Labute approximate surface area is 221 Å². The van der Waals surface area contributed by atoms with Crippen molar-refractivity contribution in [1.29, 1.82) is 0 Å². The number of fused-ring (bicyclic) bond motifs is 1. The lowest BCUT2D eigenvalue weighted by Gasteiger charge is -2.35. The van der Waals surface area contributed by atoms with Crippen LogP contribution in [0.15, 0.2) is 41.4 Å². The van der Waals surface area contributed by atoms with Gasteiger partial charge in [-0.1, -0.05) is 32.0 Å². The van der Waals surface area contributed by atoms with E-state index in [1.54, 1.807) is 27.5 Å². The second kappa shape index (κ2) is 10.6. The number of nitrogens with zero attached hydrogens (tertiary/aromatic N) is 5. The van der Waals surface area contributed by atoms with Crippen LogP contribution in [0.5, 0.6) is 5.75 Å². The topological polar surface area (TPSA) is 89.8 Å². The molecule has 2 amide bonds. The predicted molar refractivity (Wildman–Crippen MR) is 142 cm³/mol. The maximum atomic E-state index is 13.7. The fourth-order valence-electron chi connectivity index (χ4n) is 5.07. The van der Waals surface area contributed by atoms with Crippen LogP contribution in [-0.2, 0) is 11.8 Å². The zero-order valence-corrected chi connectivity index (χ0v) is 22.5. The molecule has 3 aromatic rings. The Bertz CT molecular complexity index is 1290. The summed E-state index contributed by atoms with van der Waals surface area (Å²) in [5, 5.41) is 5.78. The van der Waals surface area contributed by atoms with Crippen molar-refractivity contribution in [2.75, 3.05) is 26.2 Å². The minimum Gasteiger partial charge on any atom is -0.490 e. The molecule has 10 heteroatoms. The average molecular weight is 524 g/mol. The summed E-state index contributed by atoms with van der Waals surface area (Å²) in [6.45, 7) is 8.18. The highest BCUT2D eigenvalue weighted by atomic mass is 32.2. The summed E-state index contributed by atoms with van der Waals surface area (Å²) < 4.78 is 13.1. The molecule has 0 N–H and O–H groups in total. The Morgan fingerprint density at radius 3 is 2.65 bits per heavy atom. The van der Waals surface area contributed by atoms with E-state index < -0.39 is 0 Å². The first kappa shape index (κ1) is 25.4. The first-order chi connectivity index (χ1) is 17.8. The molecule has 0 bridgehead atoms. The summed E-state index contributed by atoms with van der Waals surface area (Å²) in [6, 6.07) is 9.57. The number of hydrogen-bond donors (Lipinski definition) is 0. The summed E-state index contributed by atoms with van der Waals surface area (Å²) in [5.41, 5.74) is 2.29. The molecule has 4 heterocycles. The van der Waals surface area contributed by atoms with Crippen molar-refractivity contribution >= 4 is 34.8 Å². The molecule has 0 spiro atoms. The molecule has 2 fully saturated rings. The Morgan fingerprint density at radius 1 is 1.22 bits per heavy atom. The van der Waals surface area contributed by atoms with Gasteiger partial charge in [-0.05, 0) is 31.9 Å². The first-order valence-electron chi connectivity index (χ1n) is 12.7. The number of cyclic esters (lactones) is 1. The molecular formula is C27H33N5O4S. The molecule has 2 aliphatic rings. The van der Waals surface area contributed by atoms with Crippen molar-refractivity contribution < 1.29 is 19.1 Å². The summed E-state index contributed by atoms with van der Waals surface area (Å²) in [4.78, 5) is 35.4. The third-order valence-corrected chi connectivity index (χ3v) is 7.97. The molecular weight excluding hydrogens is 490 g/mol. The smallest absolute Gasteiger partial charge is 0.410 e. The third-order valence-electron chi connectivity index (χ3n) is 6.84. The van der Waals surface area contributed by atoms with Crippen LogP contribution in [0.3, 0.4) is 0 Å². The van der Waals surface area contributed by atoms with Crippen LogP contribution in [-0.4, -0.2) is 80.2 Å². The number of benzene rings is 1. The number of piperidine rings is 1. The number of amides is 2. The lowest BCUT2D eigenvalue weighted by atomic mass is 10.0. The maximum absolute atomic E-state index is 13.7. The molecule has 0 radical (unpaired) electrons. The highest BCUT2D eigenvalue weighted by molar-refractivity contribution is 8.00. The van der Waals surface area contributed by atoms with Crippen LogP contribution >= 0.6 is 11.8 Å². The molecule has 0 aliphatic carbocycles. The highest BCUT2D eigenvalue weighted by Crippen LogP contribution is 2.36. The molecule has 37 heavy (non-hydrogen) atoms. The summed E-state index contributed by atoms with van der Waals surface area (Å²) in [6.07, 6.45) is 2.51. The number of pyridine rings is 1. The summed E-state index contributed by atoms with van der Waals surface area (Å²) in [7, 11) is 1.88. The number of ether oxygens (including phenoxy) is 2. The monoisotopic (exact) mass is 523 g/mol. The van der Waals surface area contributed by atoms with E-state index in [0.29, 0.717) is 49.9 Å². The second-order valence-corrected chi connectivity index (χ2v) is 11.5. The number of aromatic nitrogens is 3. The molecule has 1 aromatic carbocycles. The van der Waals surface area contributed by atoms with Gasteiger partial charge in [0.15, 0.2) is 11.8 Å². The average Bonchev–Trinajstić information content (AvgIpc) is 3.41. The lowest BCUT2D eigenvalue weighted by Crippen LogP contribution is -2.47. The van der Waals surface area contributed by atoms with Gasteiger partial charge in [0.05, 0.1) is 23.2 Å². The largest absolute Gasteiger partial charge is 0.490 e. The van der Waals surface area contributed by atoms with E-state index in [9.17, 15) is 9.59 Å².